The van der Waals surface area contributed by atoms with Gasteiger partial charge in [-0.2, -0.15) is 0 Å². The van der Waals surface area contributed by atoms with Crippen LogP contribution in [0, 0.1) is 0 Å². The molecule has 0 amide bonds. The molecule has 0 fully saturated rings. The van der Waals surface area contributed by atoms with E-state index in [1.807, 2.05) is 18.2 Å². The molecule has 4 nitrogen and oxygen atoms in total. The van der Waals surface area contributed by atoms with Gasteiger partial charge in [-0.3, -0.25) is 0 Å². The number of halogens is 1. The molecule has 0 bridgehead atoms. The molecule has 96 valence electrons. The fourth-order valence-electron chi connectivity index (χ4n) is 2.14. The van der Waals surface area contributed by atoms with Gasteiger partial charge < -0.3 is 4.74 Å². The van der Waals surface area contributed by atoms with E-state index in [9.17, 15) is 4.39 Å². The number of nitrogens with zero attached hydrogens (tertiary/aromatic N) is 3. The fraction of sp³-hybridized carbons (Fsp3) is 0.538. The van der Waals surface area contributed by atoms with Crippen molar-refractivity contribution in [3.05, 3.63) is 39.8 Å². The van der Waals surface area contributed by atoms with Crippen molar-refractivity contribution < 1.29 is 9.13 Å². The molecule has 1 aliphatic rings. The average Bonchev–Trinajstić information content (AvgIpc) is 2.33. The lowest BCUT2D eigenvalue weighted by Crippen LogP contribution is -2.34. The van der Waals surface area contributed by atoms with Crippen LogP contribution >= 0.6 is 0 Å². The lowest BCUT2D eigenvalue weighted by Gasteiger charge is -2.28. The van der Waals surface area contributed by atoms with Crippen LogP contribution in [-0.2, 0) is 12.8 Å². The number of hydrogen-bond acceptors (Lipinski definition) is 2. The molecule has 0 saturated carbocycles. The lowest BCUT2D eigenvalue weighted by atomic mass is 9.93. The van der Waals surface area contributed by atoms with Crippen molar-refractivity contribution >= 4 is 0 Å². The summed E-state index contributed by atoms with van der Waals surface area (Å²) in [4.78, 5) is 2.71. The number of azide groups is 1. The predicted octanol–water partition coefficient (Wildman–Crippen LogP) is 3.59. The van der Waals surface area contributed by atoms with Gasteiger partial charge in [0.05, 0.1) is 0 Å². The molecule has 0 spiro atoms. The Kier molecular flexibility index (Phi) is 3.72. The Balaban J connectivity index is 2.04. The highest BCUT2D eigenvalue weighted by Gasteiger charge is 2.30. The normalized spacial score (nSPS) is 21.7. The van der Waals surface area contributed by atoms with Gasteiger partial charge in [0, 0.05) is 17.9 Å². The summed E-state index contributed by atoms with van der Waals surface area (Å²) in [5, 5.41) is 3.49. The van der Waals surface area contributed by atoms with Crippen LogP contribution in [0.1, 0.15) is 24.5 Å². The second-order valence-corrected chi connectivity index (χ2v) is 4.88. The molecule has 2 rings (SSSR count). The van der Waals surface area contributed by atoms with E-state index in [-0.39, 0.29) is 6.61 Å². The van der Waals surface area contributed by atoms with E-state index in [1.165, 1.54) is 0 Å². The predicted molar refractivity (Wildman–Crippen MR) is 67.5 cm³/mol. The van der Waals surface area contributed by atoms with E-state index in [0.29, 0.717) is 13.0 Å². The molecular formula is C13H16FN3O. The summed E-state index contributed by atoms with van der Waals surface area (Å²) >= 11 is 0. The second-order valence-electron chi connectivity index (χ2n) is 4.88. The monoisotopic (exact) mass is 249 g/mol. The molecule has 0 N–H and O–H groups in total. The van der Waals surface area contributed by atoms with Crippen LogP contribution in [0.2, 0.25) is 0 Å². The Labute approximate surface area is 105 Å². The summed E-state index contributed by atoms with van der Waals surface area (Å²) in [5.41, 5.74) is 8.95. The average molecular weight is 249 g/mol. The van der Waals surface area contributed by atoms with E-state index in [4.69, 9.17) is 10.3 Å². The van der Waals surface area contributed by atoms with Crippen LogP contribution in [-0.4, -0.2) is 18.8 Å². The zero-order valence-electron chi connectivity index (χ0n) is 10.4. The molecule has 1 heterocycles. The summed E-state index contributed by atoms with van der Waals surface area (Å²) in [6, 6.07) is 5.87. The molecule has 1 atom stereocenters. The van der Waals surface area contributed by atoms with Gasteiger partial charge in [-0.25, -0.2) is 4.39 Å². The maximum absolute atomic E-state index is 13.9. The molecule has 1 unspecified atom stereocenters. The number of aryl methyl sites for hydroxylation is 1. The van der Waals surface area contributed by atoms with Gasteiger partial charge in [0.25, 0.3) is 0 Å². The van der Waals surface area contributed by atoms with Gasteiger partial charge in [-0.05, 0) is 42.5 Å². The van der Waals surface area contributed by atoms with Crippen molar-refractivity contribution in [1.82, 2.24) is 0 Å². The van der Waals surface area contributed by atoms with Crippen LogP contribution in [0.5, 0.6) is 5.75 Å². The van der Waals surface area contributed by atoms with Crippen molar-refractivity contribution in [3.8, 4) is 5.75 Å². The van der Waals surface area contributed by atoms with Crippen molar-refractivity contribution in [1.29, 1.82) is 0 Å². The molecule has 0 aromatic heterocycles. The Morgan fingerprint density at radius 2 is 2.39 bits per heavy atom. The lowest BCUT2D eigenvalue weighted by molar-refractivity contribution is 0.0844. The smallest absolute Gasteiger partial charge is 0.146 e. The van der Waals surface area contributed by atoms with Crippen molar-refractivity contribution in [2.75, 3.05) is 13.2 Å². The van der Waals surface area contributed by atoms with Crippen LogP contribution in [0.15, 0.2) is 23.3 Å². The fourth-order valence-corrected chi connectivity index (χ4v) is 2.14. The molecule has 1 aliphatic heterocycles. The van der Waals surface area contributed by atoms with Crippen molar-refractivity contribution in [3.63, 3.8) is 0 Å². The quantitative estimate of drug-likeness (QED) is 0.348. The summed E-state index contributed by atoms with van der Waals surface area (Å²) in [6.07, 6.45) is 2.03. The Hall–Kier alpha value is -1.74. The highest BCUT2D eigenvalue weighted by molar-refractivity contribution is 5.40. The Bertz CT molecular complexity index is 481. The summed E-state index contributed by atoms with van der Waals surface area (Å²) < 4.78 is 19.2. The second kappa shape index (κ2) is 5.27. The number of benzene rings is 1. The minimum atomic E-state index is -1.28. The SMILES string of the molecule is CC1(F)COc2ccc(CCCN=[N+]=[N-])cc2C1. The van der Waals surface area contributed by atoms with E-state index in [1.54, 1.807) is 6.92 Å². The Morgan fingerprint density at radius 3 is 3.17 bits per heavy atom. The molecule has 0 radical (unpaired) electrons. The summed E-state index contributed by atoms with van der Waals surface area (Å²) in [7, 11) is 0. The first-order valence-corrected chi connectivity index (χ1v) is 6.05. The number of fused-ring (bicyclic) bond motifs is 1. The van der Waals surface area contributed by atoms with Gasteiger partial charge in [0.15, 0.2) is 0 Å². The number of ether oxygens (including phenoxy) is 1. The van der Waals surface area contributed by atoms with Gasteiger partial charge in [-0.1, -0.05) is 17.2 Å². The highest BCUT2D eigenvalue weighted by atomic mass is 19.1. The molecule has 1 aromatic rings. The third-order valence-corrected chi connectivity index (χ3v) is 3.00. The van der Waals surface area contributed by atoms with Gasteiger partial charge >= 0.3 is 0 Å². The third-order valence-electron chi connectivity index (χ3n) is 3.00. The first-order valence-electron chi connectivity index (χ1n) is 6.05. The van der Waals surface area contributed by atoms with Crippen LogP contribution in [0.3, 0.4) is 0 Å². The highest BCUT2D eigenvalue weighted by Crippen LogP contribution is 2.32. The first kappa shape index (κ1) is 12.7. The third kappa shape index (κ3) is 3.14. The standard InChI is InChI=1S/C13H16FN3O/c1-13(14)8-11-7-10(3-2-6-16-17-15)4-5-12(11)18-9-13/h4-5,7H,2-3,6,8-9H2,1H3. The van der Waals surface area contributed by atoms with Gasteiger partial charge in [0.1, 0.15) is 18.0 Å². The molecule has 0 aliphatic carbocycles. The van der Waals surface area contributed by atoms with E-state index < -0.39 is 5.67 Å². The van der Waals surface area contributed by atoms with Gasteiger partial charge in [-0.15, -0.1) is 0 Å². The minimum absolute atomic E-state index is 0.121. The topological polar surface area (TPSA) is 58.0 Å². The summed E-state index contributed by atoms with van der Waals surface area (Å²) in [5.74, 6) is 0.781. The van der Waals surface area contributed by atoms with Crippen molar-refractivity contribution in [2.45, 2.75) is 31.9 Å². The molecule has 5 heteroatoms. The number of rotatable bonds is 4. The van der Waals surface area contributed by atoms with E-state index in [2.05, 4.69) is 10.0 Å². The largest absolute Gasteiger partial charge is 0.490 e. The molecule has 1 aromatic carbocycles. The molecule has 0 saturated heterocycles. The molecule has 18 heavy (non-hydrogen) atoms. The van der Waals surface area contributed by atoms with E-state index in [0.717, 1.165) is 29.7 Å². The van der Waals surface area contributed by atoms with Gasteiger partial charge in [0.2, 0.25) is 0 Å². The van der Waals surface area contributed by atoms with Crippen molar-refractivity contribution in [2.24, 2.45) is 5.11 Å². The zero-order chi connectivity index (χ0) is 13.0. The maximum atomic E-state index is 13.9. The van der Waals surface area contributed by atoms with Crippen LogP contribution in [0.4, 0.5) is 4.39 Å². The minimum Gasteiger partial charge on any atom is -0.490 e. The molecular weight excluding hydrogens is 233 g/mol. The first-order chi connectivity index (χ1) is 8.61. The van der Waals surface area contributed by atoms with Crippen LogP contribution < -0.4 is 4.74 Å². The van der Waals surface area contributed by atoms with Crippen LogP contribution in [0.25, 0.3) is 10.4 Å². The zero-order valence-corrected chi connectivity index (χ0v) is 10.4. The maximum Gasteiger partial charge on any atom is 0.146 e. The summed E-state index contributed by atoms with van der Waals surface area (Å²) in [6.45, 7) is 2.17. The number of hydrogen-bond donors (Lipinski definition) is 0. The number of alkyl halides is 1. The Morgan fingerprint density at radius 1 is 1.56 bits per heavy atom. The van der Waals surface area contributed by atoms with E-state index >= 15 is 0 Å².